The quantitative estimate of drug-likeness (QED) is 0.147. The molecule has 10 heteroatoms. The number of ketones is 1. The Morgan fingerprint density at radius 3 is 2.38 bits per heavy atom. The van der Waals surface area contributed by atoms with Crippen molar-refractivity contribution in [1.29, 1.82) is 0 Å². The molecule has 2 heterocycles. The molecule has 0 aliphatic carbocycles. The molecule has 206 valence electrons. The number of amides is 1. The molecule has 1 fully saturated rings. The molecule has 1 aliphatic heterocycles. The van der Waals surface area contributed by atoms with Crippen molar-refractivity contribution in [3.63, 3.8) is 0 Å². The highest BCUT2D eigenvalue weighted by Crippen LogP contribution is 2.44. The summed E-state index contributed by atoms with van der Waals surface area (Å²) in [4.78, 5) is 31.7. The van der Waals surface area contributed by atoms with Gasteiger partial charge in [-0.05, 0) is 60.5 Å². The Morgan fingerprint density at radius 2 is 1.68 bits per heavy atom. The van der Waals surface area contributed by atoms with E-state index in [4.69, 9.17) is 37.4 Å². The Bertz CT molecular complexity index is 1660. The molecular formula is C30H26Cl2N2O6. The number of nitrogens with one attached hydrogen (secondary N) is 1. The summed E-state index contributed by atoms with van der Waals surface area (Å²) >= 11 is 12.4. The number of hydrogen-bond acceptors (Lipinski definition) is 6. The van der Waals surface area contributed by atoms with Gasteiger partial charge in [0.05, 0.1) is 38.0 Å². The molecule has 4 aromatic rings. The number of aliphatic hydroxyl groups excluding tert-OH is 1. The summed E-state index contributed by atoms with van der Waals surface area (Å²) in [5, 5.41) is 12.9. The molecule has 1 aromatic heterocycles. The highest BCUT2D eigenvalue weighted by molar-refractivity contribution is 6.47. The van der Waals surface area contributed by atoms with Crippen molar-refractivity contribution >= 4 is 51.6 Å². The molecule has 8 nitrogen and oxygen atoms in total. The smallest absolute Gasteiger partial charge is 0.295 e. The van der Waals surface area contributed by atoms with Crippen LogP contribution in [0.2, 0.25) is 10.0 Å². The fraction of sp³-hybridized carbons (Fsp3) is 0.200. The molecule has 40 heavy (non-hydrogen) atoms. The van der Waals surface area contributed by atoms with Crippen molar-refractivity contribution in [2.75, 3.05) is 27.9 Å². The number of aliphatic hydroxyl groups is 1. The Morgan fingerprint density at radius 1 is 0.950 bits per heavy atom. The van der Waals surface area contributed by atoms with Crippen LogP contribution < -0.4 is 14.2 Å². The average Bonchev–Trinajstić information content (AvgIpc) is 3.48. The van der Waals surface area contributed by atoms with Gasteiger partial charge < -0.3 is 29.2 Å². The fourth-order valence-electron chi connectivity index (χ4n) is 5.04. The first-order chi connectivity index (χ1) is 19.3. The largest absolute Gasteiger partial charge is 0.507 e. The minimum Gasteiger partial charge on any atom is -0.507 e. The Labute approximate surface area is 240 Å². The van der Waals surface area contributed by atoms with Gasteiger partial charge in [0, 0.05) is 45.9 Å². The number of benzene rings is 3. The summed E-state index contributed by atoms with van der Waals surface area (Å²) in [6, 6.07) is 14.4. The second kappa shape index (κ2) is 11.2. The van der Waals surface area contributed by atoms with Gasteiger partial charge in [-0.1, -0.05) is 23.2 Å². The number of carbonyl (C=O) groups excluding carboxylic acids is 2. The van der Waals surface area contributed by atoms with Crippen LogP contribution in [-0.4, -0.2) is 54.6 Å². The molecule has 3 aromatic carbocycles. The Kier molecular flexibility index (Phi) is 7.65. The van der Waals surface area contributed by atoms with E-state index in [1.165, 1.54) is 31.3 Å². The minimum absolute atomic E-state index is 0.0988. The number of aromatic nitrogens is 1. The number of fused-ring (bicyclic) bond motifs is 1. The maximum absolute atomic E-state index is 13.5. The monoisotopic (exact) mass is 580 g/mol. The van der Waals surface area contributed by atoms with Crippen LogP contribution in [0, 0.1) is 0 Å². The maximum Gasteiger partial charge on any atom is 0.295 e. The van der Waals surface area contributed by atoms with E-state index in [9.17, 15) is 14.7 Å². The maximum atomic E-state index is 13.5. The van der Waals surface area contributed by atoms with Crippen LogP contribution >= 0.6 is 23.2 Å². The third-order valence-electron chi connectivity index (χ3n) is 7.06. The summed E-state index contributed by atoms with van der Waals surface area (Å²) < 4.78 is 16.3. The van der Waals surface area contributed by atoms with E-state index in [0.29, 0.717) is 34.3 Å². The predicted octanol–water partition coefficient (Wildman–Crippen LogP) is 6.16. The first kappa shape index (κ1) is 27.4. The van der Waals surface area contributed by atoms with Crippen LogP contribution in [0.1, 0.15) is 22.7 Å². The zero-order valence-corrected chi connectivity index (χ0v) is 23.5. The summed E-state index contributed by atoms with van der Waals surface area (Å²) in [6.07, 6.45) is 2.30. The summed E-state index contributed by atoms with van der Waals surface area (Å²) in [6.45, 7) is 0.180. The van der Waals surface area contributed by atoms with E-state index in [2.05, 4.69) is 4.98 Å². The summed E-state index contributed by atoms with van der Waals surface area (Å²) in [5.41, 5.74) is 2.46. The van der Waals surface area contributed by atoms with Crippen LogP contribution in [0.5, 0.6) is 17.2 Å². The lowest BCUT2D eigenvalue weighted by atomic mass is 9.94. The number of aromatic amines is 1. The van der Waals surface area contributed by atoms with Gasteiger partial charge in [-0.2, -0.15) is 0 Å². The number of Topliss-reactive ketones (excluding diaryl/α,β-unsaturated/α-hetero) is 1. The second-order valence-electron chi connectivity index (χ2n) is 9.20. The number of carbonyl (C=O) groups is 2. The molecule has 5 rings (SSSR count). The van der Waals surface area contributed by atoms with Gasteiger partial charge in [0.1, 0.15) is 23.0 Å². The number of rotatable bonds is 8. The van der Waals surface area contributed by atoms with E-state index in [-0.39, 0.29) is 22.7 Å². The SMILES string of the molecule is COc1ccc([C@@H]2C(=C(O)c3ccc(Cl)cc3Cl)C(=O)C(=O)N2CCc2c[nH]c3ccc(OC)cc23)c(OC)c1. The number of H-pyrrole nitrogens is 1. The number of nitrogens with zero attached hydrogens (tertiary/aromatic N) is 1. The predicted molar refractivity (Wildman–Crippen MR) is 154 cm³/mol. The van der Waals surface area contributed by atoms with Gasteiger partial charge in [0.25, 0.3) is 11.7 Å². The molecule has 0 bridgehead atoms. The number of hydrogen-bond donors (Lipinski definition) is 2. The van der Waals surface area contributed by atoms with Crippen molar-refractivity contribution in [1.82, 2.24) is 9.88 Å². The molecule has 2 N–H and O–H groups in total. The van der Waals surface area contributed by atoms with Crippen molar-refractivity contribution in [3.8, 4) is 17.2 Å². The van der Waals surface area contributed by atoms with E-state index in [1.54, 1.807) is 31.4 Å². The molecule has 0 unspecified atom stereocenters. The fourth-order valence-corrected chi connectivity index (χ4v) is 5.54. The van der Waals surface area contributed by atoms with E-state index < -0.39 is 23.5 Å². The van der Waals surface area contributed by atoms with Crippen LogP contribution in [0.4, 0.5) is 0 Å². The molecular weight excluding hydrogens is 555 g/mol. The van der Waals surface area contributed by atoms with E-state index in [0.717, 1.165) is 16.5 Å². The van der Waals surface area contributed by atoms with Crippen LogP contribution in [-0.2, 0) is 16.0 Å². The van der Waals surface area contributed by atoms with Gasteiger partial charge in [0.2, 0.25) is 0 Å². The van der Waals surface area contributed by atoms with Gasteiger partial charge in [0.15, 0.2) is 0 Å². The molecule has 1 amide bonds. The molecule has 1 atom stereocenters. The molecule has 0 saturated carbocycles. The van der Waals surface area contributed by atoms with Gasteiger partial charge in [-0.25, -0.2) is 0 Å². The zero-order valence-electron chi connectivity index (χ0n) is 22.0. The molecule has 1 aliphatic rings. The van der Waals surface area contributed by atoms with Crippen LogP contribution in [0.25, 0.3) is 16.7 Å². The standard InChI is InChI=1S/C30H26Cl2N2O6/c1-38-18-6-9-24-22(13-18)16(15-33-24)10-11-34-27(21-8-5-19(39-2)14-25(21)40-3)26(29(36)30(34)37)28(35)20-7-4-17(31)12-23(20)32/h4-9,12-15,27,33,35H,10-11H2,1-3H3/t27-/m1/s1. The molecule has 0 radical (unpaired) electrons. The normalized spacial score (nSPS) is 16.5. The molecule has 1 saturated heterocycles. The van der Waals surface area contributed by atoms with Crippen molar-refractivity contribution in [3.05, 3.63) is 93.1 Å². The van der Waals surface area contributed by atoms with E-state index >= 15 is 0 Å². The Hall–Kier alpha value is -4.14. The van der Waals surface area contributed by atoms with Crippen molar-refractivity contribution < 1.29 is 28.9 Å². The average molecular weight is 581 g/mol. The topological polar surface area (TPSA) is 101 Å². The van der Waals surface area contributed by atoms with Crippen molar-refractivity contribution in [2.45, 2.75) is 12.5 Å². The lowest BCUT2D eigenvalue weighted by Crippen LogP contribution is -2.31. The van der Waals surface area contributed by atoms with Gasteiger partial charge >= 0.3 is 0 Å². The van der Waals surface area contributed by atoms with Gasteiger partial charge in [-0.15, -0.1) is 0 Å². The van der Waals surface area contributed by atoms with Gasteiger partial charge in [-0.3, -0.25) is 9.59 Å². The molecule has 0 spiro atoms. The van der Waals surface area contributed by atoms with Crippen LogP contribution in [0.3, 0.4) is 0 Å². The third-order valence-corrected chi connectivity index (χ3v) is 7.61. The number of ether oxygens (including phenoxy) is 3. The minimum atomic E-state index is -0.952. The first-order valence-electron chi connectivity index (χ1n) is 12.4. The summed E-state index contributed by atoms with van der Waals surface area (Å²) in [7, 11) is 4.61. The number of halogens is 2. The number of methoxy groups -OCH3 is 3. The first-order valence-corrected chi connectivity index (χ1v) is 13.1. The van der Waals surface area contributed by atoms with E-state index in [1.807, 2.05) is 24.4 Å². The lowest BCUT2D eigenvalue weighted by molar-refractivity contribution is -0.139. The highest BCUT2D eigenvalue weighted by atomic mass is 35.5. The highest BCUT2D eigenvalue weighted by Gasteiger charge is 2.47. The summed E-state index contributed by atoms with van der Waals surface area (Å²) in [5.74, 6) is -0.343. The van der Waals surface area contributed by atoms with Crippen LogP contribution in [0.15, 0.2) is 66.4 Å². The lowest BCUT2D eigenvalue weighted by Gasteiger charge is -2.27. The third kappa shape index (κ3) is 4.85. The van der Waals surface area contributed by atoms with Crippen molar-refractivity contribution in [2.24, 2.45) is 0 Å². The zero-order chi connectivity index (χ0) is 28.6. The Balaban J connectivity index is 1.62. The number of likely N-dealkylation sites (tertiary alicyclic amines) is 1. The second-order valence-corrected chi connectivity index (χ2v) is 10.0.